The van der Waals surface area contributed by atoms with E-state index in [0.717, 1.165) is 5.56 Å². The van der Waals surface area contributed by atoms with Crippen LogP contribution in [0.1, 0.15) is 12.0 Å². The Hall–Kier alpha value is -0.990. The molecule has 0 fully saturated rings. The first-order valence-corrected chi connectivity index (χ1v) is 4.78. The van der Waals surface area contributed by atoms with Crippen LogP contribution < -0.4 is 0 Å². The van der Waals surface area contributed by atoms with Crippen molar-refractivity contribution in [2.45, 2.75) is 6.42 Å². The first-order chi connectivity index (χ1) is 6.66. The minimum atomic E-state index is -0.244. The third-order valence-corrected chi connectivity index (χ3v) is 2.62. The molecule has 0 unspecified atom stereocenters. The van der Waals surface area contributed by atoms with Crippen molar-refractivity contribution in [1.29, 1.82) is 0 Å². The quantitative estimate of drug-likeness (QED) is 0.690. The van der Waals surface area contributed by atoms with E-state index < -0.39 is 0 Å². The van der Waals surface area contributed by atoms with Gasteiger partial charge in [-0.2, -0.15) is 0 Å². The lowest BCUT2D eigenvalue weighted by Gasteiger charge is -2.03. The van der Waals surface area contributed by atoms with Gasteiger partial charge in [0.1, 0.15) is 5.76 Å². The molecule has 0 aliphatic carbocycles. The topological polar surface area (TPSA) is 26.3 Å². The highest BCUT2D eigenvalue weighted by molar-refractivity contribution is 6.42. The highest BCUT2D eigenvalue weighted by Gasteiger charge is 2.16. The van der Waals surface area contributed by atoms with E-state index in [2.05, 4.69) is 0 Å². The number of benzene rings is 1. The van der Waals surface area contributed by atoms with Crippen molar-refractivity contribution in [1.82, 2.24) is 0 Å². The van der Waals surface area contributed by atoms with Crippen LogP contribution in [-0.2, 0) is 9.53 Å². The fourth-order valence-corrected chi connectivity index (χ4v) is 1.51. The van der Waals surface area contributed by atoms with Gasteiger partial charge in [-0.15, -0.1) is 0 Å². The second kappa shape index (κ2) is 3.64. The van der Waals surface area contributed by atoms with Gasteiger partial charge in [0.25, 0.3) is 0 Å². The van der Waals surface area contributed by atoms with E-state index in [4.69, 9.17) is 27.9 Å². The van der Waals surface area contributed by atoms with Crippen molar-refractivity contribution in [2.24, 2.45) is 0 Å². The summed E-state index contributed by atoms with van der Waals surface area (Å²) in [5.41, 5.74) is 0.769. The van der Waals surface area contributed by atoms with Crippen molar-refractivity contribution in [3.05, 3.63) is 39.9 Å². The van der Waals surface area contributed by atoms with E-state index in [0.29, 0.717) is 22.2 Å². The summed E-state index contributed by atoms with van der Waals surface area (Å²) >= 11 is 11.6. The number of halogens is 2. The smallest absolute Gasteiger partial charge is 0.315 e. The molecule has 4 heteroatoms. The van der Waals surface area contributed by atoms with Crippen molar-refractivity contribution >= 4 is 34.9 Å². The van der Waals surface area contributed by atoms with Gasteiger partial charge in [-0.05, 0) is 24.3 Å². The van der Waals surface area contributed by atoms with E-state index in [-0.39, 0.29) is 5.97 Å². The van der Waals surface area contributed by atoms with Crippen LogP contribution in [0.4, 0.5) is 0 Å². The Morgan fingerprint density at radius 2 is 2.00 bits per heavy atom. The molecule has 2 nitrogen and oxygen atoms in total. The van der Waals surface area contributed by atoms with E-state index in [9.17, 15) is 4.79 Å². The minimum absolute atomic E-state index is 0.244. The predicted molar refractivity (Wildman–Crippen MR) is 55.1 cm³/mol. The van der Waals surface area contributed by atoms with Gasteiger partial charge in [-0.3, -0.25) is 4.79 Å². The number of rotatable bonds is 1. The summed E-state index contributed by atoms with van der Waals surface area (Å²) in [6, 6.07) is 5.11. The fraction of sp³-hybridized carbons (Fsp3) is 0.100. The zero-order valence-corrected chi connectivity index (χ0v) is 8.60. The Morgan fingerprint density at radius 1 is 1.21 bits per heavy atom. The van der Waals surface area contributed by atoms with E-state index >= 15 is 0 Å². The molecule has 1 aromatic rings. The zero-order valence-electron chi connectivity index (χ0n) is 7.09. The summed E-state index contributed by atoms with van der Waals surface area (Å²) in [5.74, 6) is 0.305. The second-order valence-corrected chi connectivity index (χ2v) is 3.69. The zero-order chi connectivity index (χ0) is 10.1. The average Bonchev–Trinajstić information content (AvgIpc) is 2.57. The molecule has 1 aliphatic rings. The summed E-state index contributed by atoms with van der Waals surface area (Å²) < 4.78 is 4.96. The monoisotopic (exact) mass is 228 g/mol. The number of esters is 1. The molecule has 0 aromatic heterocycles. The molecule has 0 amide bonds. The van der Waals surface area contributed by atoms with Crippen molar-refractivity contribution in [3.63, 3.8) is 0 Å². The molecule has 0 saturated heterocycles. The maximum absolute atomic E-state index is 10.8. The molecule has 1 heterocycles. The standard InChI is InChI=1S/C10H6Cl2O2/c11-7-2-1-6(5-8(7)12)9-3-4-10(13)14-9/h1-3,5H,4H2. The molecule has 0 spiro atoms. The summed E-state index contributed by atoms with van der Waals surface area (Å²) in [4.78, 5) is 10.8. The van der Waals surface area contributed by atoms with Crippen LogP contribution in [0.15, 0.2) is 24.3 Å². The Morgan fingerprint density at radius 3 is 2.57 bits per heavy atom. The Bertz CT molecular complexity index is 424. The van der Waals surface area contributed by atoms with Crippen LogP contribution in [-0.4, -0.2) is 5.97 Å². The molecule has 1 aromatic carbocycles. The highest BCUT2D eigenvalue weighted by Crippen LogP contribution is 2.28. The lowest BCUT2D eigenvalue weighted by Crippen LogP contribution is -1.93. The highest BCUT2D eigenvalue weighted by atomic mass is 35.5. The van der Waals surface area contributed by atoms with Crippen LogP contribution in [0.25, 0.3) is 5.76 Å². The average molecular weight is 229 g/mol. The molecular formula is C10H6Cl2O2. The molecule has 0 bridgehead atoms. The summed E-state index contributed by atoms with van der Waals surface area (Å²) in [7, 11) is 0. The lowest BCUT2D eigenvalue weighted by atomic mass is 10.2. The van der Waals surface area contributed by atoms with E-state index in [1.54, 1.807) is 24.3 Å². The molecule has 2 rings (SSSR count). The Labute approximate surface area is 91.1 Å². The van der Waals surface area contributed by atoms with Gasteiger partial charge < -0.3 is 4.74 Å². The van der Waals surface area contributed by atoms with E-state index in [1.165, 1.54) is 0 Å². The third-order valence-electron chi connectivity index (χ3n) is 1.88. The van der Waals surface area contributed by atoms with Crippen LogP contribution in [0.3, 0.4) is 0 Å². The summed E-state index contributed by atoms with van der Waals surface area (Å²) in [5, 5.41) is 0.938. The molecule has 14 heavy (non-hydrogen) atoms. The number of ether oxygens (including phenoxy) is 1. The van der Waals surface area contributed by atoms with Gasteiger partial charge in [0.05, 0.1) is 16.5 Å². The molecular weight excluding hydrogens is 223 g/mol. The number of carbonyl (C=O) groups is 1. The SMILES string of the molecule is O=C1CC=C(c2ccc(Cl)c(Cl)c2)O1. The van der Waals surface area contributed by atoms with Gasteiger partial charge >= 0.3 is 5.97 Å². The molecule has 72 valence electrons. The molecule has 0 radical (unpaired) electrons. The second-order valence-electron chi connectivity index (χ2n) is 2.88. The fourth-order valence-electron chi connectivity index (χ4n) is 1.21. The van der Waals surface area contributed by atoms with Crippen LogP contribution >= 0.6 is 23.2 Å². The Kier molecular flexibility index (Phi) is 2.48. The van der Waals surface area contributed by atoms with Crippen LogP contribution in [0, 0.1) is 0 Å². The molecule has 0 atom stereocenters. The molecule has 0 saturated carbocycles. The summed E-state index contributed by atoms with van der Waals surface area (Å²) in [6.45, 7) is 0. The molecule has 0 N–H and O–H groups in total. The third kappa shape index (κ3) is 1.76. The lowest BCUT2D eigenvalue weighted by molar-refractivity contribution is -0.134. The Balaban J connectivity index is 2.34. The number of carbonyl (C=O) groups excluding carboxylic acids is 1. The van der Waals surface area contributed by atoms with Crippen LogP contribution in [0.5, 0.6) is 0 Å². The first-order valence-electron chi connectivity index (χ1n) is 4.03. The summed E-state index contributed by atoms with van der Waals surface area (Å²) in [6.07, 6.45) is 2.04. The van der Waals surface area contributed by atoms with Gasteiger partial charge in [0.2, 0.25) is 0 Å². The maximum atomic E-state index is 10.8. The molecule has 1 aliphatic heterocycles. The normalized spacial score (nSPS) is 15.3. The largest absolute Gasteiger partial charge is 0.426 e. The number of hydrogen-bond donors (Lipinski definition) is 0. The predicted octanol–water partition coefficient (Wildman–Crippen LogP) is 3.28. The van der Waals surface area contributed by atoms with Gasteiger partial charge in [-0.1, -0.05) is 23.2 Å². The van der Waals surface area contributed by atoms with Crippen molar-refractivity contribution in [3.8, 4) is 0 Å². The number of hydrogen-bond acceptors (Lipinski definition) is 2. The van der Waals surface area contributed by atoms with E-state index in [1.807, 2.05) is 0 Å². The first kappa shape index (κ1) is 9.56. The van der Waals surface area contributed by atoms with Crippen molar-refractivity contribution < 1.29 is 9.53 Å². The van der Waals surface area contributed by atoms with Crippen molar-refractivity contribution in [2.75, 3.05) is 0 Å². The minimum Gasteiger partial charge on any atom is -0.426 e. The van der Waals surface area contributed by atoms with Crippen LogP contribution in [0.2, 0.25) is 10.0 Å². The maximum Gasteiger partial charge on any atom is 0.315 e. The number of cyclic esters (lactones) is 1. The van der Waals surface area contributed by atoms with Gasteiger partial charge in [0.15, 0.2) is 0 Å². The van der Waals surface area contributed by atoms with Gasteiger partial charge in [-0.25, -0.2) is 0 Å². The van der Waals surface area contributed by atoms with Gasteiger partial charge in [0, 0.05) is 5.56 Å².